The van der Waals surface area contributed by atoms with Crippen molar-refractivity contribution >= 4 is 79.1 Å². The van der Waals surface area contributed by atoms with Crippen molar-refractivity contribution in [1.29, 1.82) is 0 Å². The lowest BCUT2D eigenvalue weighted by Gasteiger charge is -2.13. The molecule has 2 aromatic rings. The number of carbonyl (C=O) groups is 3. The van der Waals surface area contributed by atoms with Crippen LogP contribution in [0.3, 0.4) is 0 Å². The molecule has 3 amide bonds. The number of aryl methyl sites for hydroxylation is 2. The summed E-state index contributed by atoms with van der Waals surface area (Å²) in [5.74, 6) is -0.486. The van der Waals surface area contributed by atoms with Crippen LogP contribution in [-0.2, 0) is 9.59 Å². The molecule has 6 nitrogen and oxygen atoms in total. The van der Waals surface area contributed by atoms with Gasteiger partial charge in [-0.2, -0.15) is 0 Å². The minimum absolute atomic E-state index is 0.219. The first-order chi connectivity index (χ1) is 12.7. The topological polar surface area (TPSA) is 79.6 Å². The molecular weight excluding hydrogens is 547 g/mol. The fourth-order valence-electron chi connectivity index (χ4n) is 2.49. The first-order valence-corrected chi connectivity index (χ1v) is 10.5. The first-order valence-electron chi connectivity index (χ1n) is 7.82. The summed E-state index contributed by atoms with van der Waals surface area (Å²) >= 11 is 6.12. The van der Waals surface area contributed by atoms with Crippen molar-refractivity contribution in [3.8, 4) is 0 Å². The third kappa shape index (κ3) is 4.64. The second-order valence-corrected chi connectivity index (χ2v) is 8.73. The lowest BCUT2D eigenvalue weighted by atomic mass is 10.1. The number of rotatable bonds is 4. The molecule has 0 spiro atoms. The molecule has 1 fully saturated rings. The number of nitrogens with zero attached hydrogens (tertiary/aromatic N) is 1. The molecule has 1 aromatic heterocycles. The molecule has 1 saturated heterocycles. The van der Waals surface area contributed by atoms with Crippen LogP contribution in [0.4, 0.5) is 10.5 Å². The van der Waals surface area contributed by atoms with Gasteiger partial charge in [-0.1, -0.05) is 17.7 Å². The lowest BCUT2D eigenvalue weighted by molar-refractivity contribution is -0.127. The fraction of sp³-hybridized carbons (Fsp3) is 0.167. The maximum Gasteiger partial charge on any atom is 0.294 e. The number of halogens is 2. The van der Waals surface area contributed by atoms with E-state index in [2.05, 4.69) is 21.2 Å². The molecule has 0 saturated carbocycles. The molecular formula is C18H14BrIN2O4S. The van der Waals surface area contributed by atoms with Crippen molar-refractivity contribution < 1.29 is 18.8 Å². The molecule has 1 aliphatic rings. The Hall–Kier alpha value is -1.59. The molecule has 1 aliphatic heterocycles. The van der Waals surface area contributed by atoms with E-state index in [4.69, 9.17) is 4.42 Å². The number of hydrogen-bond acceptors (Lipinski definition) is 5. The van der Waals surface area contributed by atoms with E-state index >= 15 is 0 Å². The number of nitrogens with one attached hydrogen (secondary N) is 1. The van der Waals surface area contributed by atoms with Crippen LogP contribution in [0, 0.1) is 17.6 Å². The quantitative estimate of drug-likeness (QED) is 0.423. The Morgan fingerprint density at radius 2 is 2.07 bits per heavy atom. The van der Waals surface area contributed by atoms with Crippen molar-refractivity contribution in [3.63, 3.8) is 0 Å². The van der Waals surface area contributed by atoms with Crippen LogP contribution in [0.2, 0.25) is 0 Å². The van der Waals surface area contributed by atoms with E-state index in [-0.39, 0.29) is 11.4 Å². The summed E-state index contributed by atoms with van der Waals surface area (Å²) in [4.78, 5) is 38.1. The molecule has 1 N–H and O–H groups in total. The second kappa shape index (κ2) is 8.19. The van der Waals surface area contributed by atoms with E-state index in [1.54, 1.807) is 12.1 Å². The number of imide groups is 1. The highest BCUT2D eigenvalue weighted by Gasteiger charge is 2.36. The van der Waals surface area contributed by atoms with E-state index in [1.807, 2.05) is 48.6 Å². The lowest BCUT2D eigenvalue weighted by Crippen LogP contribution is -2.36. The van der Waals surface area contributed by atoms with Gasteiger partial charge in [0.05, 0.1) is 9.38 Å². The number of hydrogen-bond donors (Lipinski definition) is 1. The highest BCUT2D eigenvalue weighted by Crippen LogP contribution is 2.33. The molecule has 9 heteroatoms. The fourth-order valence-corrected chi connectivity index (χ4v) is 4.02. The van der Waals surface area contributed by atoms with Crippen molar-refractivity contribution in [2.45, 2.75) is 13.8 Å². The van der Waals surface area contributed by atoms with Crippen LogP contribution < -0.4 is 5.32 Å². The standard InChI is InChI=1S/C18H14BrIN2O4S/c1-9-3-4-13(10(2)5-9)21-15(23)8-22-17(24)14(27-18(22)25)7-11-6-12(19)16(20)26-11/h3-7H,8H2,1-2H3,(H,21,23)/b14-7-. The van der Waals surface area contributed by atoms with E-state index in [0.29, 0.717) is 15.2 Å². The van der Waals surface area contributed by atoms with Crippen LogP contribution in [-0.4, -0.2) is 28.5 Å². The Morgan fingerprint density at radius 3 is 2.70 bits per heavy atom. The number of benzene rings is 1. The molecule has 0 bridgehead atoms. The van der Waals surface area contributed by atoms with Crippen LogP contribution in [0.25, 0.3) is 6.08 Å². The summed E-state index contributed by atoms with van der Waals surface area (Å²) in [5.41, 5.74) is 2.65. The van der Waals surface area contributed by atoms with Crippen LogP contribution in [0.15, 0.2) is 38.1 Å². The zero-order valence-electron chi connectivity index (χ0n) is 14.3. The largest absolute Gasteiger partial charge is 0.450 e. The number of carbonyl (C=O) groups excluding carboxylic acids is 3. The average Bonchev–Trinajstić information content (AvgIpc) is 3.03. The van der Waals surface area contributed by atoms with Gasteiger partial charge in [-0.05, 0) is 59.2 Å². The Labute approximate surface area is 182 Å². The van der Waals surface area contributed by atoms with E-state index < -0.39 is 17.1 Å². The number of amides is 3. The molecule has 0 unspecified atom stereocenters. The minimum atomic E-state index is -0.511. The van der Waals surface area contributed by atoms with Crippen molar-refractivity contribution in [1.82, 2.24) is 4.90 Å². The van der Waals surface area contributed by atoms with E-state index in [0.717, 1.165) is 32.3 Å². The maximum absolute atomic E-state index is 12.5. The van der Waals surface area contributed by atoms with Crippen LogP contribution >= 0.6 is 50.3 Å². The molecule has 27 heavy (non-hydrogen) atoms. The molecule has 2 heterocycles. The molecule has 0 radical (unpaired) electrons. The molecule has 140 valence electrons. The highest BCUT2D eigenvalue weighted by atomic mass is 127. The van der Waals surface area contributed by atoms with E-state index in [1.165, 1.54) is 6.08 Å². The summed E-state index contributed by atoms with van der Waals surface area (Å²) in [6.07, 6.45) is 1.50. The Balaban J connectivity index is 1.70. The smallest absolute Gasteiger partial charge is 0.294 e. The highest BCUT2D eigenvalue weighted by molar-refractivity contribution is 14.1. The molecule has 3 rings (SSSR count). The predicted molar refractivity (Wildman–Crippen MR) is 116 cm³/mol. The van der Waals surface area contributed by atoms with Crippen molar-refractivity contribution in [3.05, 3.63) is 54.3 Å². The summed E-state index contributed by atoms with van der Waals surface area (Å²) in [5, 5.41) is 2.26. The summed E-state index contributed by atoms with van der Waals surface area (Å²) in [6, 6.07) is 7.34. The maximum atomic E-state index is 12.5. The Morgan fingerprint density at radius 1 is 1.33 bits per heavy atom. The number of furan rings is 1. The van der Waals surface area contributed by atoms with Gasteiger partial charge < -0.3 is 9.73 Å². The monoisotopic (exact) mass is 560 g/mol. The second-order valence-electron chi connectivity index (χ2n) is 5.90. The average molecular weight is 561 g/mol. The van der Waals surface area contributed by atoms with Crippen LogP contribution in [0.1, 0.15) is 16.9 Å². The SMILES string of the molecule is Cc1ccc(NC(=O)CN2C(=O)S/C(=C\c3cc(Br)c(I)o3)C2=O)c(C)c1. The van der Waals surface area contributed by atoms with Gasteiger partial charge in [0, 0.05) is 34.4 Å². The first kappa shape index (κ1) is 20.2. The third-order valence-electron chi connectivity index (χ3n) is 3.77. The van der Waals surface area contributed by atoms with Crippen LogP contribution in [0.5, 0.6) is 0 Å². The van der Waals surface area contributed by atoms with Gasteiger partial charge >= 0.3 is 0 Å². The normalized spacial score (nSPS) is 15.7. The van der Waals surface area contributed by atoms with Gasteiger partial charge in [0.25, 0.3) is 11.1 Å². The zero-order chi connectivity index (χ0) is 19.7. The zero-order valence-corrected chi connectivity index (χ0v) is 18.9. The number of anilines is 1. The van der Waals surface area contributed by atoms with Gasteiger partial charge in [0.2, 0.25) is 5.91 Å². The third-order valence-corrected chi connectivity index (χ3v) is 6.81. The summed E-state index contributed by atoms with van der Waals surface area (Å²) in [7, 11) is 0. The van der Waals surface area contributed by atoms with Gasteiger partial charge in [-0.3, -0.25) is 19.3 Å². The molecule has 0 aliphatic carbocycles. The molecule has 0 atom stereocenters. The van der Waals surface area contributed by atoms with Crippen molar-refractivity contribution in [2.75, 3.05) is 11.9 Å². The predicted octanol–water partition coefficient (Wildman–Crippen LogP) is 4.94. The summed E-state index contributed by atoms with van der Waals surface area (Å²) < 4.78 is 6.88. The van der Waals surface area contributed by atoms with Gasteiger partial charge in [0.1, 0.15) is 12.3 Å². The van der Waals surface area contributed by atoms with Gasteiger partial charge in [-0.15, -0.1) is 0 Å². The van der Waals surface area contributed by atoms with E-state index in [9.17, 15) is 14.4 Å². The Bertz CT molecular complexity index is 966. The summed E-state index contributed by atoms with van der Waals surface area (Å²) in [6.45, 7) is 3.51. The Kier molecular flexibility index (Phi) is 6.11. The van der Waals surface area contributed by atoms with Crippen molar-refractivity contribution in [2.24, 2.45) is 0 Å². The minimum Gasteiger partial charge on any atom is -0.450 e. The van der Waals surface area contributed by atoms with Gasteiger partial charge in [-0.25, -0.2) is 0 Å². The van der Waals surface area contributed by atoms with Gasteiger partial charge in [0.15, 0.2) is 3.77 Å². The molecule has 1 aromatic carbocycles. The number of thioether (sulfide) groups is 1.